The maximum absolute atomic E-state index is 13.5. The van der Waals surface area contributed by atoms with Gasteiger partial charge in [0.1, 0.15) is 6.54 Å². The minimum Gasteiger partial charge on any atom is -0.427 e. The van der Waals surface area contributed by atoms with E-state index in [2.05, 4.69) is 5.32 Å². The zero-order chi connectivity index (χ0) is 24.7. The van der Waals surface area contributed by atoms with E-state index in [1.807, 2.05) is 37.3 Å². The zero-order valence-electron chi connectivity index (χ0n) is 20.0. The highest BCUT2D eigenvalue weighted by Gasteiger charge is 2.58. The fraction of sp³-hybridized carbons (Fsp3) is 0.407. The van der Waals surface area contributed by atoms with Gasteiger partial charge in [0, 0.05) is 37.2 Å². The third-order valence-electron chi connectivity index (χ3n) is 7.28. The van der Waals surface area contributed by atoms with E-state index >= 15 is 0 Å². The van der Waals surface area contributed by atoms with E-state index in [0.29, 0.717) is 36.6 Å². The van der Waals surface area contributed by atoms with Crippen LogP contribution in [-0.2, 0) is 37.7 Å². The lowest BCUT2D eigenvalue weighted by atomic mass is 9.94. The van der Waals surface area contributed by atoms with Crippen LogP contribution in [0.3, 0.4) is 0 Å². The zero-order valence-corrected chi connectivity index (χ0v) is 20.0. The van der Waals surface area contributed by atoms with Crippen molar-refractivity contribution in [1.29, 1.82) is 0 Å². The Morgan fingerprint density at radius 2 is 1.91 bits per heavy atom. The third-order valence-corrected chi connectivity index (χ3v) is 7.28. The van der Waals surface area contributed by atoms with Crippen molar-refractivity contribution >= 4 is 29.5 Å². The first kappa shape index (κ1) is 23.1. The van der Waals surface area contributed by atoms with E-state index in [1.54, 1.807) is 23.1 Å². The highest BCUT2D eigenvalue weighted by molar-refractivity contribution is 6.06. The topological polar surface area (TPSA) is 96.0 Å². The first-order chi connectivity index (χ1) is 16.8. The fourth-order valence-corrected chi connectivity index (χ4v) is 5.23. The second-order valence-corrected chi connectivity index (χ2v) is 9.72. The van der Waals surface area contributed by atoms with E-state index < -0.39 is 17.6 Å². The van der Waals surface area contributed by atoms with Crippen molar-refractivity contribution in [2.75, 3.05) is 11.9 Å². The van der Waals surface area contributed by atoms with Crippen molar-refractivity contribution in [2.45, 2.75) is 57.7 Å². The monoisotopic (exact) mass is 475 g/mol. The summed E-state index contributed by atoms with van der Waals surface area (Å²) in [7, 11) is 0. The van der Waals surface area contributed by atoms with E-state index in [1.165, 1.54) is 6.92 Å². The van der Waals surface area contributed by atoms with Gasteiger partial charge in [-0.15, -0.1) is 0 Å². The molecule has 1 N–H and O–H groups in total. The lowest BCUT2D eigenvalue weighted by Gasteiger charge is -2.30. The molecule has 1 saturated heterocycles. The van der Waals surface area contributed by atoms with Gasteiger partial charge in [0.2, 0.25) is 17.4 Å². The van der Waals surface area contributed by atoms with E-state index in [9.17, 15) is 19.2 Å². The van der Waals surface area contributed by atoms with Gasteiger partial charge in [-0.25, -0.2) is 9.69 Å². The molecule has 2 aromatic carbocycles. The van der Waals surface area contributed by atoms with Crippen LogP contribution in [-0.4, -0.2) is 46.2 Å². The van der Waals surface area contributed by atoms with Crippen LogP contribution in [0.15, 0.2) is 48.5 Å². The number of hydrogen-bond acceptors (Lipinski definition) is 5. The van der Waals surface area contributed by atoms with Crippen molar-refractivity contribution in [2.24, 2.45) is 5.92 Å². The minimum absolute atomic E-state index is 0.0183. The van der Waals surface area contributed by atoms with Crippen LogP contribution >= 0.6 is 0 Å². The van der Waals surface area contributed by atoms with Gasteiger partial charge >= 0.3 is 6.09 Å². The predicted molar refractivity (Wildman–Crippen MR) is 128 cm³/mol. The average Bonchev–Trinajstić information content (AvgIpc) is 3.58. The smallest absolute Gasteiger partial charge is 0.418 e. The number of anilines is 1. The minimum atomic E-state index is -1.41. The van der Waals surface area contributed by atoms with E-state index in [4.69, 9.17) is 4.74 Å². The van der Waals surface area contributed by atoms with Gasteiger partial charge in [-0.05, 0) is 55.4 Å². The number of imide groups is 1. The summed E-state index contributed by atoms with van der Waals surface area (Å²) in [6.07, 6.45) is 2.20. The number of fused-ring (bicyclic) bond motifs is 2. The molecule has 2 fully saturated rings. The van der Waals surface area contributed by atoms with Gasteiger partial charge in [-0.3, -0.25) is 14.4 Å². The lowest BCUT2D eigenvalue weighted by Crippen LogP contribution is -2.47. The van der Waals surface area contributed by atoms with Crippen molar-refractivity contribution in [3.05, 3.63) is 65.2 Å². The molecule has 3 aliphatic rings. The van der Waals surface area contributed by atoms with Crippen molar-refractivity contribution in [1.82, 2.24) is 9.80 Å². The lowest BCUT2D eigenvalue weighted by molar-refractivity contribution is -0.143. The number of hydrogen-bond donors (Lipinski definition) is 1. The number of amides is 4. The van der Waals surface area contributed by atoms with Gasteiger partial charge in [-0.1, -0.05) is 36.4 Å². The van der Waals surface area contributed by atoms with Gasteiger partial charge in [0.25, 0.3) is 5.91 Å². The van der Waals surface area contributed by atoms with Crippen LogP contribution < -0.4 is 5.32 Å². The van der Waals surface area contributed by atoms with Gasteiger partial charge in [0.05, 0.1) is 0 Å². The molecule has 1 saturated carbocycles. The number of aryl methyl sites for hydroxylation is 1. The summed E-state index contributed by atoms with van der Waals surface area (Å²) in [6.45, 7) is 3.54. The SMILES string of the molecule is CC(=O)Nc1ccc2c(c1)CC[C@@]21OC(=O)N(CC(=O)N(Cc2ccccc2)[C@@H](C)C2CC2)C1=O. The summed E-state index contributed by atoms with van der Waals surface area (Å²) in [5.74, 6) is -0.517. The number of ether oxygens (including phenoxy) is 1. The normalized spacial score (nSPS) is 21.6. The number of carbonyl (C=O) groups excluding carboxylic acids is 4. The molecule has 2 atom stereocenters. The second-order valence-electron chi connectivity index (χ2n) is 9.72. The molecule has 0 radical (unpaired) electrons. The molecule has 1 aliphatic heterocycles. The van der Waals surface area contributed by atoms with Crippen LogP contribution in [0.1, 0.15) is 49.8 Å². The predicted octanol–water partition coefficient (Wildman–Crippen LogP) is 3.59. The molecule has 182 valence electrons. The first-order valence-electron chi connectivity index (χ1n) is 12.1. The summed E-state index contributed by atoms with van der Waals surface area (Å²) in [5.41, 5.74) is 1.68. The number of benzene rings is 2. The van der Waals surface area contributed by atoms with Crippen LogP contribution in [0.4, 0.5) is 10.5 Å². The van der Waals surface area contributed by atoms with Crippen LogP contribution in [0.5, 0.6) is 0 Å². The molecule has 8 nitrogen and oxygen atoms in total. The molecule has 4 amide bonds. The molecule has 8 heteroatoms. The molecule has 1 spiro atoms. The Kier molecular flexibility index (Phi) is 5.83. The molecule has 5 rings (SSSR count). The average molecular weight is 476 g/mol. The standard InChI is InChI=1S/C27H29N3O5/c1-17(20-8-9-20)29(15-19-6-4-3-5-7-19)24(32)16-30-25(33)27(35-26(30)34)13-12-21-14-22(28-18(2)31)10-11-23(21)27/h3-7,10-11,14,17,20H,8-9,12-13,15-16H2,1-2H3,(H,28,31)/t17-,27+/m0/s1. The van der Waals surface area contributed by atoms with E-state index in [0.717, 1.165) is 28.9 Å². The second kappa shape index (κ2) is 8.83. The summed E-state index contributed by atoms with van der Waals surface area (Å²) in [6, 6.07) is 15.0. The van der Waals surface area contributed by atoms with Gasteiger partial charge < -0.3 is 15.0 Å². The largest absolute Gasteiger partial charge is 0.427 e. The summed E-state index contributed by atoms with van der Waals surface area (Å²) in [5, 5.41) is 2.73. The molecule has 0 aromatic heterocycles. The number of carbonyl (C=O) groups is 4. The maximum Gasteiger partial charge on any atom is 0.418 e. The van der Waals surface area contributed by atoms with Crippen LogP contribution in [0, 0.1) is 5.92 Å². The summed E-state index contributed by atoms with van der Waals surface area (Å²) < 4.78 is 5.68. The van der Waals surface area contributed by atoms with E-state index in [-0.39, 0.29) is 24.4 Å². The Morgan fingerprint density at radius 1 is 1.17 bits per heavy atom. The van der Waals surface area contributed by atoms with Crippen molar-refractivity contribution in [3.63, 3.8) is 0 Å². The number of nitrogens with one attached hydrogen (secondary N) is 1. The summed E-state index contributed by atoms with van der Waals surface area (Å²) in [4.78, 5) is 54.0. The van der Waals surface area contributed by atoms with Crippen LogP contribution in [0.2, 0.25) is 0 Å². The molecule has 0 bridgehead atoms. The molecular weight excluding hydrogens is 446 g/mol. The van der Waals surface area contributed by atoms with Crippen molar-refractivity contribution < 1.29 is 23.9 Å². The summed E-state index contributed by atoms with van der Waals surface area (Å²) >= 11 is 0. The molecule has 2 aliphatic carbocycles. The highest BCUT2D eigenvalue weighted by Crippen LogP contribution is 2.46. The molecule has 1 heterocycles. The fourth-order valence-electron chi connectivity index (χ4n) is 5.23. The third kappa shape index (κ3) is 4.29. The number of nitrogens with zero attached hydrogens (tertiary/aromatic N) is 2. The van der Waals surface area contributed by atoms with Gasteiger partial charge in [-0.2, -0.15) is 0 Å². The quantitative estimate of drug-likeness (QED) is 0.660. The number of rotatable bonds is 7. The first-order valence-corrected chi connectivity index (χ1v) is 12.1. The maximum atomic E-state index is 13.5. The molecule has 2 aromatic rings. The van der Waals surface area contributed by atoms with Gasteiger partial charge in [0.15, 0.2) is 0 Å². The Balaban J connectivity index is 1.36. The Hall–Kier alpha value is -3.68. The Labute approximate surface area is 204 Å². The molecular formula is C27H29N3O5. The molecule has 35 heavy (non-hydrogen) atoms. The molecule has 0 unspecified atom stereocenters. The van der Waals surface area contributed by atoms with Crippen LogP contribution in [0.25, 0.3) is 0 Å². The highest BCUT2D eigenvalue weighted by atomic mass is 16.6. The Morgan fingerprint density at radius 3 is 2.60 bits per heavy atom. The Bertz CT molecular complexity index is 1190. The van der Waals surface area contributed by atoms with Crippen molar-refractivity contribution in [3.8, 4) is 0 Å².